The van der Waals surface area contributed by atoms with Gasteiger partial charge >= 0.3 is 0 Å². The first kappa shape index (κ1) is 21.4. The lowest BCUT2D eigenvalue weighted by molar-refractivity contribution is -0.111. The predicted octanol–water partition coefficient (Wildman–Crippen LogP) is 2.78. The molecule has 1 amide bonds. The lowest BCUT2D eigenvalue weighted by Gasteiger charge is -2.26. The molecule has 30 heavy (non-hydrogen) atoms. The first-order valence-corrected chi connectivity index (χ1v) is 9.90. The zero-order valence-electron chi connectivity index (χ0n) is 17.1. The molecule has 0 atom stereocenters. The number of carbonyl (C=O) groups excluding carboxylic acids is 1. The highest BCUT2D eigenvalue weighted by molar-refractivity contribution is 6.10. The Morgan fingerprint density at radius 1 is 1.30 bits per heavy atom. The van der Waals surface area contributed by atoms with E-state index in [-0.39, 0.29) is 5.91 Å². The quantitative estimate of drug-likeness (QED) is 0.464. The van der Waals surface area contributed by atoms with Crippen molar-refractivity contribution in [2.24, 2.45) is 0 Å². The Morgan fingerprint density at radius 3 is 2.90 bits per heavy atom. The molecule has 2 aromatic rings. The molecule has 7 heteroatoms. The number of nitrogens with zero attached hydrogens (tertiary/aromatic N) is 2. The van der Waals surface area contributed by atoms with Gasteiger partial charge in [0.1, 0.15) is 0 Å². The fraction of sp³-hybridized carbons (Fsp3) is 0.261. The summed E-state index contributed by atoms with van der Waals surface area (Å²) in [6.07, 6.45) is 9.54. The van der Waals surface area contributed by atoms with Gasteiger partial charge in [0.15, 0.2) is 0 Å². The van der Waals surface area contributed by atoms with Crippen LogP contribution >= 0.6 is 0 Å². The lowest BCUT2D eigenvalue weighted by Crippen LogP contribution is -2.35. The molecule has 0 unspecified atom stereocenters. The van der Waals surface area contributed by atoms with Gasteiger partial charge in [-0.25, -0.2) is 0 Å². The van der Waals surface area contributed by atoms with Gasteiger partial charge in [-0.2, -0.15) is 0 Å². The van der Waals surface area contributed by atoms with Crippen LogP contribution in [0.4, 0.5) is 5.69 Å². The normalized spacial score (nSPS) is 15.2. The van der Waals surface area contributed by atoms with E-state index in [9.17, 15) is 4.79 Å². The van der Waals surface area contributed by atoms with Crippen LogP contribution < -0.4 is 10.6 Å². The SMILES string of the molecule is CN/C=C(\C=N)c1ccncc1/C=C/C(=O)Nc1cccc(CN2CCOCC2)c1. The summed E-state index contributed by atoms with van der Waals surface area (Å²) in [6, 6.07) is 9.72. The average Bonchev–Trinajstić information content (AvgIpc) is 2.77. The number of aromatic nitrogens is 1. The van der Waals surface area contributed by atoms with Crippen molar-refractivity contribution in [3.05, 3.63) is 71.7 Å². The van der Waals surface area contributed by atoms with E-state index < -0.39 is 0 Å². The molecule has 0 aliphatic carbocycles. The molecule has 0 radical (unpaired) electrons. The van der Waals surface area contributed by atoms with Crippen LogP contribution in [0.25, 0.3) is 11.6 Å². The van der Waals surface area contributed by atoms with Gasteiger partial charge < -0.3 is 20.8 Å². The van der Waals surface area contributed by atoms with Crippen LogP contribution in [0.2, 0.25) is 0 Å². The van der Waals surface area contributed by atoms with Crippen LogP contribution in [0, 0.1) is 5.41 Å². The fourth-order valence-electron chi connectivity index (χ4n) is 3.27. The van der Waals surface area contributed by atoms with Gasteiger partial charge in [-0.1, -0.05) is 12.1 Å². The lowest BCUT2D eigenvalue weighted by atomic mass is 10.0. The van der Waals surface area contributed by atoms with Crippen molar-refractivity contribution in [1.29, 1.82) is 5.41 Å². The van der Waals surface area contributed by atoms with Crippen molar-refractivity contribution in [1.82, 2.24) is 15.2 Å². The summed E-state index contributed by atoms with van der Waals surface area (Å²) in [6.45, 7) is 4.21. The second kappa shape index (κ2) is 11.0. The van der Waals surface area contributed by atoms with Crippen molar-refractivity contribution in [3.8, 4) is 0 Å². The first-order chi connectivity index (χ1) is 14.7. The molecule has 1 saturated heterocycles. The van der Waals surface area contributed by atoms with Crippen LogP contribution in [0.3, 0.4) is 0 Å². The second-order valence-corrected chi connectivity index (χ2v) is 6.91. The molecule has 0 saturated carbocycles. The molecular formula is C23H27N5O2. The van der Waals surface area contributed by atoms with E-state index in [1.165, 1.54) is 12.3 Å². The minimum atomic E-state index is -0.220. The Hall–Kier alpha value is -3.29. The van der Waals surface area contributed by atoms with E-state index in [0.29, 0.717) is 5.57 Å². The minimum Gasteiger partial charge on any atom is -0.393 e. The van der Waals surface area contributed by atoms with Gasteiger partial charge in [-0.05, 0) is 35.4 Å². The van der Waals surface area contributed by atoms with E-state index in [2.05, 4.69) is 26.6 Å². The number of anilines is 1. The Kier molecular flexibility index (Phi) is 7.88. The molecule has 3 rings (SSSR count). The van der Waals surface area contributed by atoms with Crippen molar-refractivity contribution >= 4 is 29.5 Å². The number of carbonyl (C=O) groups is 1. The van der Waals surface area contributed by atoms with Crippen LogP contribution in [-0.4, -0.2) is 55.4 Å². The maximum absolute atomic E-state index is 12.4. The average molecular weight is 406 g/mol. The van der Waals surface area contributed by atoms with E-state index >= 15 is 0 Å². The summed E-state index contributed by atoms with van der Waals surface area (Å²) in [5, 5.41) is 13.5. The zero-order valence-corrected chi connectivity index (χ0v) is 17.1. The molecule has 0 bridgehead atoms. The van der Waals surface area contributed by atoms with E-state index in [4.69, 9.17) is 10.1 Å². The third-order valence-electron chi connectivity index (χ3n) is 4.74. The van der Waals surface area contributed by atoms with Gasteiger partial charge in [-0.15, -0.1) is 0 Å². The van der Waals surface area contributed by atoms with E-state index in [0.717, 1.165) is 55.2 Å². The largest absolute Gasteiger partial charge is 0.393 e. The summed E-state index contributed by atoms with van der Waals surface area (Å²) in [5.41, 5.74) is 4.21. The van der Waals surface area contributed by atoms with Gasteiger partial charge in [-0.3, -0.25) is 14.7 Å². The first-order valence-electron chi connectivity index (χ1n) is 9.90. The number of ether oxygens (including phenoxy) is 1. The van der Waals surface area contributed by atoms with Gasteiger partial charge in [0.25, 0.3) is 0 Å². The maximum Gasteiger partial charge on any atom is 0.248 e. The number of benzene rings is 1. The smallest absolute Gasteiger partial charge is 0.248 e. The molecule has 7 nitrogen and oxygen atoms in total. The summed E-state index contributed by atoms with van der Waals surface area (Å²) >= 11 is 0. The Balaban J connectivity index is 1.66. The molecule has 2 heterocycles. The van der Waals surface area contributed by atoms with Gasteiger partial charge in [0, 0.05) is 74.4 Å². The number of morpholine rings is 1. The number of nitrogens with one attached hydrogen (secondary N) is 3. The molecule has 1 aliphatic heterocycles. The fourth-order valence-corrected chi connectivity index (χ4v) is 3.27. The molecular weight excluding hydrogens is 378 g/mol. The zero-order chi connectivity index (χ0) is 21.2. The molecule has 1 fully saturated rings. The Labute approximate surface area is 177 Å². The highest BCUT2D eigenvalue weighted by atomic mass is 16.5. The third-order valence-corrected chi connectivity index (χ3v) is 4.74. The topological polar surface area (TPSA) is 90.3 Å². The van der Waals surface area contributed by atoms with Crippen LogP contribution in [-0.2, 0) is 16.1 Å². The summed E-state index contributed by atoms with van der Waals surface area (Å²) in [5.74, 6) is -0.220. The maximum atomic E-state index is 12.4. The number of allylic oxidation sites excluding steroid dienone is 1. The molecule has 1 aromatic carbocycles. The highest BCUT2D eigenvalue weighted by Crippen LogP contribution is 2.18. The van der Waals surface area contributed by atoms with Crippen LogP contribution in [0.1, 0.15) is 16.7 Å². The number of pyridine rings is 1. The van der Waals surface area contributed by atoms with Crippen molar-refractivity contribution in [2.75, 3.05) is 38.7 Å². The van der Waals surface area contributed by atoms with Gasteiger partial charge in [0.2, 0.25) is 5.91 Å². The van der Waals surface area contributed by atoms with E-state index in [1.54, 1.807) is 31.7 Å². The Morgan fingerprint density at radius 2 is 2.13 bits per heavy atom. The molecule has 156 valence electrons. The van der Waals surface area contributed by atoms with Crippen molar-refractivity contribution < 1.29 is 9.53 Å². The number of amides is 1. The monoisotopic (exact) mass is 405 g/mol. The third kappa shape index (κ3) is 6.10. The summed E-state index contributed by atoms with van der Waals surface area (Å²) in [4.78, 5) is 18.9. The highest BCUT2D eigenvalue weighted by Gasteiger charge is 2.11. The number of hydrogen-bond donors (Lipinski definition) is 3. The molecule has 1 aromatic heterocycles. The summed E-state index contributed by atoms with van der Waals surface area (Å²) in [7, 11) is 1.78. The predicted molar refractivity (Wildman–Crippen MR) is 120 cm³/mol. The van der Waals surface area contributed by atoms with Crippen molar-refractivity contribution in [2.45, 2.75) is 6.54 Å². The second-order valence-electron chi connectivity index (χ2n) is 6.91. The molecule has 0 spiro atoms. The van der Waals surface area contributed by atoms with Crippen LogP contribution in [0.5, 0.6) is 0 Å². The standard InChI is InChI=1S/C23H27N5O2/c1-25-15-20(14-24)22-7-8-26-16-19(22)5-6-23(29)27-21-4-2-3-18(13-21)17-28-9-11-30-12-10-28/h2-8,13-16,24-25H,9-12,17H2,1H3,(H,27,29)/b6-5+,20-15+,24-14?. The minimum absolute atomic E-state index is 0.220. The number of hydrogen-bond acceptors (Lipinski definition) is 6. The molecule has 3 N–H and O–H groups in total. The van der Waals surface area contributed by atoms with Crippen LogP contribution in [0.15, 0.2) is 55.0 Å². The number of rotatable bonds is 8. The summed E-state index contributed by atoms with van der Waals surface area (Å²) < 4.78 is 5.39. The van der Waals surface area contributed by atoms with E-state index in [1.807, 2.05) is 24.3 Å². The van der Waals surface area contributed by atoms with Crippen molar-refractivity contribution in [3.63, 3.8) is 0 Å². The molecule has 1 aliphatic rings. The van der Waals surface area contributed by atoms with Gasteiger partial charge in [0.05, 0.1) is 13.2 Å². The Bertz CT molecular complexity index is 933.